The Bertz CT molecular complexity index is 423. The lowest BCUT2D eigenvalue weighted by atomic mass is 10.2. The standard InChI is InChI=1S/C9H6ClFN2O/c10-9-7(11)4-6(5-13-9)2-1-3-8(12)14/h4-5H,3H2,(H2,12,14). The third-order valence-electron chi connectivity index (χ3n) is 1.29. The predicted octanol–water partition coefficient (Wildman–Crippen LogP) is 1.10. The highest BCUT2D eigenvalue weighted by molar-refractivity contribution is 6.29. The number of pyridine rings is 1. The summed E-state index contributed by atoms with van der Waals surface area (Å²) in [5.41, 5.74) is 5.21. The topological polar surface area (TPSA) is 56.0 Å². The van der Waals surface area contributed by atoms with E-state index < -0.39 is 11.7 Å². The molecule has 14 heavy (non-hydrogen) atoms. The average Bonchev–Trinajstić information content (AvgIpc) is 2.10. The number of halogens is 2. The van der Waals surface area contributed by atoms with Crippen LogP contribution in [0.2, 0.25) is 5.15 Å². The van der Waals surface area contributed by atoms with Crippen LogP contribution in [0.5, 0.6) is 0 Å². The van der Waals surface area contributed by atoms with Crippen LogP contribution in [0.4, 0.5) is 4.39 Å². The van der Waals surface area contributed by atoms with Gasteiger partial charge in [-0.1, -0.05) is 23.4 Å². The zero-order chi connectivity index (χ0) is 10.6. The Morgan fingerprint density at radius 3 is 3.00 bits per heavy atom. The minimum absolute atomic E-state index is 0.0652. The summed E-state index contributed by atoms with van der Waals surface area (Å²) in [4.78, 5) is 13.9. The molecular weight excluding hydrogens is 207 g/mol. The van der Waals surface area contributed by atoms with Crippen LogP contribution in [-0.2, 0) is 4.79 Å². The molecule has 1 aromatic rings. The van der Waals surface area contributed by atoms with Gasteiger partial charge in [0, 0.05) is 11.8 Å². The summed E-state index contributed by atoms with van der Waals surface area (Å²) in [6.45, 7) is 0. The fourth-order valence-corrected chi connectivity index (χ4v) is 0.826. The van der Waals surface area contributed by atoms with Crippen LogP contribution in [0.25, 0.3) is 0 Å². The van der Waals surface area contributed by atoms with Gasteiger partial charge in [-0.05, 0) is 6.07 Å². The van der Waals surface area contributed by atoms with E-state index in [1.54, 1.807) is 0 Å². The van der Waals surface area contributed by atoms with Crippen molar-refractivity contribution in [3.8, 4) is 11.8 Å². The van der Waals surface area contributed by atoms with Gasteiger partial charge in [-0.3, -0.25) is 4.79 Å². The fourth-order valence-electron chi connectivity index (χ4n) is 0.723. The van der Waals surface area contributed by atoms with E-state index in [4.69, 9.17) is 17.3 Å². The molecule has 0 saturated carbocycles. The Morgan fingerprint density at radius 1 is 1.71 bits per heavy atom. The first-order valence-corrected chi connectivity index (χ1v) is 4.05. The van der Waals surface area contributed by atoms with Gasteiger partial charge in [0.2, 0.25) is 5.91 Å². The van der Waals surface area contributed by atoms with Crippen LogP contribution in [0.1, 0.15) is 12.0 Å². The van der Waals surface area contributed by atoms with Crippen molar-refractivity contribution in [3.05, 3.63) is 28.8 Å². The van der Waals surface area contributed by atoms with E-state index in [1.807, 2.05) is 0 Å². The molecule has 0 unspecified atom stereocenters. The first-order valence-electron chi connectivity index (χ1n) is 3.68. The van der Waals surface area contributed by atoms with Gasteiger partial charge in [0.15, 0.2) is 11.0 Å². The lowest BCUT2D eigenvalue weighted by molar-refractivity contribution is -0.117. The van der Waals surface area contributed by atoms with Gasteiger partial charge >= 0.3 is 0 Å². The maximum Gasteiger partial charge on any atom is 0.229 e. The van der Waals surface area contributed by atoms with E-state index in [-0.39, 0.29) is 11.6 Å². The Hall–Kier alpha value is -1.60. The van der Waals surface area contributed by atoms with Crippen molar-refractivity contribution in [2.45, 2.75) is 6.42 Å². The second kappa shape index (κ2) is 4.58. The van der Waals surface area contributed by atoms with Crippen LogP contribution in [0.15, 0.2) is 12.3 Å². The van der Waals surface area contributed by atoms with E-state index in [0.717, 1.165) is 6.07 Å². The predicted molar refractivity (Wildman–Crippen MR) is 49.9 cm³/mol. The summed E-state index contributed by atoms with van der Waals surface area (Å²) < 4.78 is 12.8. The second-order valence-corrected chi connectivity index (χ2v) is 2.80. The van der Waals surface area contributed by atoms with E-state index >= 15 is 0 Å². The molecule has 1 amide bonds. The molecule has 1 heterocycles. The summed E-state index contributed by atoms with van der Waals surface area (Å²) in [6, 6.07) is 1.14. The van der Waals surface area contributed by atoms with Crippen LogP contribution >= 0.6 is 11.6 Å². The molecule has 2 N–H and O–H groups in total. The fraction of sp³-hybridized carbons (Fsp3) is 0.111. The minimum atomic E-state index is -0.641. The van der Waals surface area contributed by atoms with Gasteiger partial charge in [0.05, 0.1) is 6.42 Å². The summed E-state index contributed by atoms with van der Waals surface area (Å²) >= 11 is 5.36. The Balaban J connectivity index is 2.81. The van der Waals surface area contributed by atoms with Crippen LogP contribution in [0, 0.1) is 17.7 Å². The summed E-state index contributed by atoms with van der Waals surface area (Å²) in [5.74, 6) is 3.84. The number of carbonyl (C=O) groups excluding carboxylic acids is 1. The highest BCUT2D eigenvalue weighted by atomic mass is 35.5. The minimum Gasteiger partial charge on any atom is -0.369 e. The molecule has 0 fully saturated rings. The van der Waals surface area contributed by atoms with Gasteiger partial charge in [0.1, 0.15) is 0 Å². The average molecular weight is 213 g/mol. The Kier molecular flexibility index (Phi) is 3.43. The largest absolute Gasteiger partial charge is 0.369 e. The number of nitrogens with two attached hydrogens (primary N) is 1. The summed E-state index contributed by atoms with van der Waals surface area (Å²) in [7, 11) is 0. The summed E-state index contributed by atoms with van der Waals surface area (Å²) in [5, 5.41) is -0.203. The number of carbonyl (C=O) groups is 1. The molecule has 0 spiro atoms. The van der Waals surface area contributed by atoms with Gasteiger partial charge in [-0.2, -0.15) is 0 Å². The highest BCUT2D eigenvalue weighted by Gasteiger charge is 1.99. The molecule has 1 rings (SSSR count). The number of aromatic nitrogens is 1. The van der Waals surface area contributed by atoms with Crippen LogP contribution in [0.3, 0.4) is 0 Å². The van der Waals surface area contributed by atoms with Gasteiger partial charge in [-0.15, -0.1) is 0 Å². The number of primary amides is 1. The lowest BCUT2D eigenvalue weighted by Crippen LogP contribution is -2.08. The van der Waals surface area contributed by atoms with Crippen molar-refractivity contribution < 1.29 is 9.18 Å². The molecule has 0 aliphatic heterocycles. The van der Waals surface area contributed by atoms with Crippen molar-refractivity contribution >= 4 is 17.5 Å². The number of hydrogen-bond acceptors (Lipinski definition) is 2. The number of rotatable bonds is 1. The molecule has 1 aromatic heterocycles. The second-order valence-electron chi connectivity index (χ2n) is 2.44. The molecule has 0 aliphatic rings. The molecule has 0 saturated heterocycles. The molecule has 0 radical (unpaired) electrons. The number of nitrogens with zero attached hydrogens (tertiary/aromatic N) is 1. The molecule has 72 valence electrons. The Morgan fingerprint density at radius 2 is 2.43 bits per heavy atom. The third kappa shape index (κ3) is 3.04. The van der Waals surface area contributed by atoms with Crippen molar-refractivity contribution in [2.75, 3.05) is 0 Å². The lowest BCUT2D eigenvalue weighted by Gasteiger charge is -1.92. The van der Waals surface area contributed by atoms with Crippen molar-refractivity contribution in [2.24, 2.45) is 5.73 Å². The maximum atomic E-state index is 12.8. The monoisotopic (exact) mass is 212 g/mol. The van der Waals surface area contributed by atoms with Crippen molar-refractivity contribution in [3.63, 3.8) is 0 Å². The third-order valence-corrected chi connectivity index (χ3v) is 1.57. The van der Waals surface area contributed by atoms with Gasteiger partial charge in [-0.25, -0.2) is 9.37 Å². The first-order chi connectivity index (χ1) is 6.59. The van der Waals surface area contributed by atoms with E-state index in [2.05, 4.69) is 16.8 Å². The maximum absolute atomic E-state index is 12.8. The summed E-state index contributed by atoms with van der Waals surface area (Å²) in [6.07, 6.45) is 1.25. The first kappa shape index (κ1) is 10.5. The van der Waals surface area contributed by atoms with Crippen LogP contribution in [-0.4, -0.2) is 10.9 Å². The molecule has 5 heteroatoms. The molecular formula is C9H6ClFN2O. The molecule has 0 aromatic carbocycles. The van der Waals surface area contributed by atoms with Crippen molar-refractivity contribution in [1.82, 2.24) is 4.98 Å². The zero-order valence-electron chi connectivity index (χ0n) is 7.05. The zero-order valence-corrected chi connectivity index (χ0v) is 7.81. The number of amides is 1. The smallest absolute Gasteiger partial charge is 0.229 e. The van der Waals surface area contributed by atoms with Gasteiger partial charge < -0.3 is 5.73 Å². The quantitative estimate of drug-likeness (QED) is 0.560. The molecule has 3 nitrogen and oxygen atoms in total. The number of hydrogen-bond donors (Lipinski definition) is 1. The SMILES string of the molecule is NC(=O)CC#Cc1cnc(Cl)c(F)c1. The van der Waals surface area contributed by atoms with E-state index in [0.29, 0.717) is 5.56 Å². The molecule has 0 atom stereocenters. The Labute approximate surface area is 85.1 Å². The highest BCUT2D eigenvalue weighted by Crippen LogP contribution is 2.10. The molecule has 0 bridgehead atoms. The van der Waals surface area contributed by atoms with Gasteiger partial charge in [0.25, 0.3) is 0 Å². The normalized spacial score (nSPS) is 9.00. The molecule has 0 aliphatic carbocycles. The van der Waals surface area contributed by atoms with Crippen molar-refractivity contribution in [1.29, 1.82) is 0 Å². The van der Waals surface area contributed by atoms with E-state index in [9.17, 15) is 9.18 Å². The van der Waals surface area contributed by atoms with E-state index in [1.165, 1.54) is 6.20 Å². The van der Waals surface area contributed by atoms with Crippen LogP contribution < -0.4 is 5.73 Å².